The van der Waals surface area contributed by atoms with Crippen molar-refractivity contribution in [1.82, 2.24) is 14.9 Å². The standard InChI is InChI=1S/C16H22ClN3O/c1-11(2)20(12(3)4)7-8-21-13-5-6-14-15(9-13)18-10-19-16(14)17/h5-6,9-12H,7-8H2,1-4H3. The lowest BCUT2D eigenvalue weighted by molar-refractivity contribution is 0.142. The zero-order valence-corrected chi connectivity index (χ0v) is 13.8. The number of hydrogen-bond acceptors (Lipinski definition) is 4. The maximum atomic E-state index is 6.03. The first kappa shape index (κ1) is 16.0. The van der Waals surface area contributed by atoms with Gasteiger partial charge in [-0.3, -0.25) is 4.90 Å². The second-order valence-electron chi connectivity index (χ2n) is 5.62. The molecule has 1 heterocycles. The van der Waals surface area contributed by atoms with Gasteiger partial charge in [0.15, 0.2) is 0 Å². The Morgan fingerprint density at radius 1 is 1.14 bits per heavy atom. The number of benzene rings is 1. The van der Waals surface area contributed by atoms with Gasteiger partial charge in [-0.1, -0.05) is 11.6 Å². The van der Waals surface area contributed by atoms with Crippen LogP contribution in [0.1, 0.15) is 27.7 Å². The van der Waals surface area contributed by atoms with Gasteiger partial charge in [0.25, 0.3) is 0 Å². The predicted molar refractivity (Wildman–Crippen MR) is 87.0 cm³/mol. The number of ether oxygens (including phenoxy) is 1. The van der Waals surface area contributed by atoms with Crippen molar-refractivity contribution in [3.05, 3.63) is 29.7 Å². The number of nitrogens with zero attached hydrogens (tertiary/aromatic N) is 3. The van der Waals surface area contributed by atoms with Gasteiger partial charge in [-0.2, -0.15) is 0 Å². The van der Waals surface area contributed by atoms with E-state index in [1.807, 2.05) is 18.2 Å². The molecule has 0 N–H and O–H groups in total. The first-order valence-electron chi connectivity index (χ1n) is 7.28. The molecule has 0 aliphatic heterocycles. The molecule has 0 bridgehead atoms. The summed E-state index contributed by atoms with van der Waals surface area (Å²) in [4.78, 5) is 10.6. The maximum Gasteiger partial charge on any atom is 0.140 e. The quantitative estimate of drug-likeness (QED) is 0.761. The molecule has 0 radical (unpaired) electrons. The van der Waals surface area contributed by atoms with Crippen LogP contribution in [0.3, 0.4) is 0 Å². The molecule has 1 aromatic carbocycles. The maximum absolute atomic E-state index is 6.03. The smallest absolute Gasteiger partial charge is 0.140 e. The average Bonchev–Trinajstić information content (AvgIpc) is 2.43. The number of fused-ring (bicyclic) bond motifs is 1. The van der Waals surface area contributed by atoms with E-state index < -0.39 is 0 Å². The number of hydrogen-bond donors (Lipinski definition) is 0. The van der Waals surface area contributed by atoms with E-state index in [0.29, 0.717) is 23.8 Å². The van der Waals surface area contributed by atoms with E-state index >= 15 is 0 Å². The van der Waals surface area contributed by atoms with Gasteiger partial charge in [0.1, 0.15) is 23.8 Å². The minimum atomic E-state index is 0.470. The van der Waals surface area contributed by atoms with Gasteiger partial charge >= 0.3 is 0 Å². The Bertz CT molecular complexity index is 593. The molecule has 0 saturated carbocycles. The highest BCUT2D eigenvalue weighted by molar-refractivity contribution is 6.34. The zero-order valence-electron chi connectivity index (χ0n) is 13.0. The molecule has 0 amide bonds. The normalized spacial score (nSPS) is 11.8. The van der Waals surface area contributed by atoms with Gasteiger partial charge < -0.3 is 4.74 Å². The SMILES string of the molecule is CC(C)N(CCOc1ccc2c(Cl)ncnc2c1)C(C)C. The van der Waals surface area contributed by atoms with Crippen LogP contribution >= 0.6 is 11.6 Å². The number of rotatable bonds is 6. The molecule has 0 saturated heterocycles. The Morgan fingerprint density at radius 2 is 1.86 bits per heavy atom. The zero-order chi connectivity index (χ0) is 15.4. The Kier molecular flexibility index (Phi) is 5.37. The molecular weight excluding hydrogens is 286 g/mol. The molecule has 114 valence electrons. The van der Waals surface area contributed by atoms with Crippen LogP contribution in [0.4, 0.5) is 0 Å². The first-order chi connectivity index (χ1) is 9.99. The second-order valence-corrected chi connectivity index (χ2v) is 5.98. The summed E-state index contributed by atoms with van der Waals surface area (Å²) in [5.74, 6) is 0.810. The molecule has 4 nitrogen and oxygen atoms in total. The molecule has 0 unspecified atom stereocenters. The van der Waals surface area contributed by atoms with Gasteiger partial charge in [0.2, 0.25) is 0 Å². The second kappa shape index (κ2) is 7.05. The largest absolute Gasteiger partial charge is 0.492 e. The van der Waals surface area contributed by atoms with Gasteiger partial charge in [0.05, 0.1) is 5.52 Å². The summed E-state index contributed by atoms with van der Waals surface area (Å²) in [7, 11) is 0. The van der Waals surface area contributed by atoms with E-state index in [0.717, 1.165) is 23.2 Å². The summed E-state index contributed by atoms with van der Waals surface area (Å²) < 4.78 is 5.84. The van der Waals surface area contributed by atoms with Crippen LogP contribution in [-0.2, 0) is 0 Å². The molecule has 0 atom stereocenters. The minimum Gasteiger partial charge on any atom is -0.492 e. The summed E-state index contributed by atoms with van der Waals surface area (Å²) in [6.07, 6.45) is 1.47. The number of halogens is 1. The highest BCUT2D eigenvalue weighted by atomic mass is 35.5. The van der Waals surface area contributed by atoms with E-state index in [2.05, 4.69) is 42.6 Å². The van der Waals surface area contributed by atoms with Crippen molar-refractivity contribution >= 4 is 22.5 Å². The summed E-state index contributed by atoms with van der Waals surface area (Å²) in [5, 5.41) is 1.31. The lowest BCUT2D eigenvalue weighted by Gasteiger charge is -2.30. The van der Waals surface area contributed by atoms with Crippen LogP contribution in [0.15, 0.2) is 24.5 Å². The molecule has 2 rings (SSSR count). The third kappa shape index (κ3) is 4.05. The summed E-state index contributed by atoms with van der Waals surface area (Å²) in [5.41, 5.74) is 0.803. The first-order valence-corrected chi connectivity index (χ1v) is 7.65. The van der Waals surface area contributed by atoms with Crippen molar-refractivity contribution in [3.8, 4) is 5.75 Å². The molecule has 5 heteroatoms. The topological polar surface area (TPSA) is 38.2 Å². The molecule has 0 spiro atoms. The lowest BCUT2D eigenvalue weighted by atomic mass is 10.2. The fourth-order valence-electron chi connectivity index (χ4n) is 2.48. The van der Waals surface area contributed by atoms with E-state index in [1.54, 1.807) is 0 Å². The van der Waals surface area contributed by atoms with Crippen molar-refractivity contribution in [2.24, 2.45) is 0 Å². The Morgan fingerprint density at radius 3 is 2.52 bits per heavy atom. The fourth-order valence-corrected chi connectivity index (χ4v) is 2.68. The van der Waals surface area contributed by atoms with E-state index in [4.69, 9.17) is 16.3 Å². The average molecular weight is 308 g/mol. The molecular formula is C16H22ClN3O. The third-order valence-corrected chi connectivity index (χ3v) is 3.81. The monoisotopic (exact) mass is 307 g/mol. The Hall–Kier alpha value is -1.39. The lowest BCUT2D eigenvalue weighted by Crippen LogP contribution is -2.39. The Labute approximate surface area is 131 Å². The highest BCUT2D eigenvalue weighted by Crippen LogP contribution is 2.23. The van der Waals surface area contributed by atoms with Crippen LogP contribution < -0.4 is 4.74 Å². The third-order valence-electron chi connectivity index (χ3n) is 3.50. The minimum absolute atomic E-state index is 0.470. The van der Waals surface area contributed by atoms with Gasteiger partial charge in [-0.15, -0.1) is 0 Å². The van der Waals surface area contributed by atoms with Gasteiger partial charge in [0, 0.05) is 30.1 Å². The molecule has 1 aromatic heterocycles. The van der Waals surface area contributed by atoms with E-state index in [1.165, 1.54) is 6.33 Å². The predicted octanol–water partition coefficient (Wildman–Crippen LogP) is 3.78. The molecule has 0 aliphatic rings. The van der Waals surface area contributed by atoms with E-state index in [-0.39, 0.29) is 0 Å². The van der Waals surface area contributed by atoms with Crippen molar-refractivity contribution in [2.45, 2.75) is 39.8 Å². The van der Waals surface area contributed by atoms with Crippen molar-refractivity contribution < 1.29 is 4.74 Å². The van der Waals surface area contributed by atoms with Gasteiger partial charge in [-0.05, 0) is 39.8 Å². The Balaban J connectivity index is 2.01. The summed E-state index contributed by atoms with van der Waals surface area (Å²) in [6.45, 7) is 10.4. The number of aromatic nitrogens is 2. The van der Waals surface area contributed by atoms with Crippen LogP contribution in [0.2, 0.25) is 5.15 Å². The summed E-state index contributed by atoms with van der Waals surface area (Å²) in [6, 6.07) is 6.73. The molecule has 0 aliphatic carbocycles. The highest BCUT2D eigenvalue weighted by Gasteiger charge is 2.13. The van der Waals surface area contributed by atoms with Gasteiger partial charge in [-0.25, -0.2) is 9.97 Å². The molecule has 2 aromatic rings. The van der Waals surface area contributed by atoms with Crippen molar-refractivity contribution in [1.29, 1.82) is 0 Å². The van der Waals surface area contributed by atoms with Crippen LogP contribution in [0, 0.1) is 0 Å². The molecule has 21 heavy (non-hydrogen) atoms. The fraction of sp³-hybridized carbons (Fsp3) is 0.500. The summed E-state index contributed by atoms with van der Waals surface area (Å²) >= 11 is 6.03. The van der Waals surface area contributed by atoms with E-state index in [9.17, 15) is 0 Å². The van der Waals surface area contributed by atoms with Crippen LogP contribution in [0.5, 0.6) is 5.75 Å². The van der Waals surface area contributed by atoms with Crippen LogP contribution in [-0.4, -0.2) is 40.1 Å². The molecule has 0 fully saturated rings. The van der Waals surface area contributed by atoms with Crippen molar-refractivity contribution in [2.75, 3.05) is 13.2 Å². The van der Waals surface area contributed by atoms with Crippen LogP contribution in [0.25, 0.3) is 10.9 Å². The van der Waals surface area contributed by atoms with Crippen molar-refractivity contribution in [3.63, 3.8) is 0 Å².